The van der Waals surface area contributed by atoms with Crippen LogP contribution in [0.1, 0.15) is 26.2 Å². The minimum absolute atomic E-state index is 0.315. The zero-order valence-corrected chi connectivity index (χ0v) is 10.7. The lowest BCUT2D eigenvalue weighted by atomic mass is 10.0. The first-order valence-corrected chi connectivity index (χ1v) is 7.42. The topological polar surface area (TPSA) is 91.8 Å². The summed E-state index contributed by atoms with van der Waals surface area (Å²) < 4.78 is 22.6. The van der Waals surface area contributed by atoms with Gasteiger partial charge in [0, 0.05) is 12.8 Å². The number of aliphatic carboxylic acids is 1. The van der Waals surface area contributed by atoms with Gasteiger partial charge >= 0.3 is 5.97 Å². The van der Waals surface area contributed by atoms with Crippen molar-refractivity contribution in [2.24, 2.45) is 0 Å². The fraction of sp³-hybridized carbons (Fsp3) is 0.800. The van der Waals surface area contributed by atoms with Crippen LogP contribution in [0.25, 0.3) is 0 Å². The Morgan fingerprint density at radius 1 is 1.35 bits per heavy atom. The quantitative estimate of drug-likeness (QED) is 0.766. The van der Waals surface area contributed by atoms with Gasteiger partial charge in [0.05, 0.1) is 0 Å². The zero-order chi connectivity index (χ0) is 13.2. The first kappa shape index (κ1) is 14.0. The van der Waals surface area contributed by atoms with Crippen molar-refractivity contribution in [1.82, 2.24) is 4.90 Å². The standard InChI is InChI=1S/C10H17NO5S/c1-7(17(2,15)16)9(12)11-6-4-3-5-8(11)10(13)14/h7-8H,3-6H2,1-2H3,(H,13,14)/t7?,8-/m1/s1. The van der Waals surface area contributed by atoms with Gasteiger partial charge in [-0.3, -0.25) is 4.79 Å². The van der Waals surface area contributed by atoms with Gasteiger partial charge in [-0.1, -0.05) is 0 Å². The van der Waals surface area contributed by atoms with Crippen LogP contribution in [0.2, 0.25) is 0 Å². The number of sulfone groups is 1. The average molecular weight is 263 g/mol. The third-order valence-corrected chi connectivity index (χ3v) is 4.55. The summed E-state index contributed by atoms with van der Waals surface area (Å²) in [5.41, 5.74) is 0. The average Bonchev–Trinajstić information content (AvgIpc) is 2.25. The fourth-order valence-corrected chi connectivity index (χ4v) is 2.37. The Morgan fingerprint density at radius 2 is 1.94 bits per heavy atom. The molecule has 0 spiro atoms. The van der Waals surface area contributed by atoms with Crippen molar-refractivity contribution in [2.45, 2.75) is 37.5 Å². The van der Waals surface area contributed by atoms with Gasteiger partial charge in [0.2, 0.25) is 5.91 Å². The summed E-state index contributed by atoms with van der Waals surface area (Å²) in [5, 5.41) is 7.82. The second kappa shape index (κ2) is 5.03. The molecule has 1 saturated heterocycles. The Hall–Kier alpha value is -1.11. The molecule has 1 amide bonds. The predicted octanol–water partition coefficient (Wildman–Crippen LogP) is -0.115. The van der Waals surface area contributed by atoms with Crippen LogP contribution >= 0.6 is 0 Å². The monoisotopic (exact) mass is 263 g/mol. The van der Waals surface area contributed by atoms with Crippen molar-refractivity contribution in [1.29, 1.82) is 0 Å². The molecule has 2 atom stereocenters. The maximum atomic E-state index is 11.9. The summed E-state index contributed by atoms with van der Waals surface area (Å²) in [7, 11) is -3.48. The highest BCUT2D eigenvalue weighted by atomic mass is 32.2. The number of carboxylic acid groups (broad SMARTS) is 1. The summed E-state index contributed by atoms with van der Waals surface area (Å²) in [4.78, 5) is 24.1. The van der Waals surface area contributed by atoms with E-state index in [0.717, 1.165) is 12.7 Å². The lowest BCUT2D eigenvalue weighted by Gasteiger charge is -2.34. The minimum Gasteiger partial charge on any atom is -0.480 e. The highest BCUT2D eigenvalue weighted by Crippen LogP contribution is 2.19. The van der Waals surface area contributed by atoms with E-state index in [2.05, 4.69) is 0 Å². The lowest BCUT2D eigenvalue weighted by molar-refractivity contribution is -0.151. The van der Waals surface area contributed by atoms with Gasteiger partial charge in [0.15, 0.2) is 9.84 Å². The van der Waals surface area contributed by atoms with E-state index in [1.165, 1.54) is 11.8 Å². The lowest BCUT2D eigenvalue weighted by Crippen LogP contribution is -2.52. The Kier molecular flexibility index (Phi) is 4.13. The maximum Gasteiger partial charge on any atom is 0.326 e. The third-order valence-electron chi connectivity index (χ3n) is 3.06. The van der Waals surface area contributed by atoms with Crippen molar-refractivity contribution in [3.63, 3.8) is 0 Å². The molecule has 0 aromatic rings. The molecule has 1 heterocycles. The number of hydrogen-bond acceptors (Lipinski definition) is 4. The molecule has 0 saturated carbocycles. The zero-order valence-electron chi connectivity index (χ0n) is 9.92. The second-order valence-electron chi connectivity index (χ2n) is 4.35. The number of amides is 1. The molecule has 1 N–H and O–H groups in total. The molecular formula is C10H17NO5S. The summed E-state index contributed by atoms with van der Waals surface area (Å²) in [6.45, 7) is 1.61. The molecule has 1 unspecified atom stereocenters. The Morgan fingerprint density at radius 3 is 2.41 bits per heavy atom. The van der Waals surface area contributed by atoms with Crippen molar-refractivity contribution < 1.29 is 23.1 Å². The summed E-state index contributed by atoms with van der Waals surface area (Å²) >= 11 is 0. The summed E-state index contributed by atoms with van der Waals surface area (Å²) in [5.74, 6) is -1.68. The Balaban J connectivity index is 2.89. The first-order valence-electron chi connectivity index (χ1n) is 5.47. The van der Waals surface area contributed by atoms with Crippen molar-refractivity contribution in [3.05, 3.63) is 0 Å². The van der Waals surface area contributed by atoms with Crippen LogP contribution in [-0.4, -0.2) is 54.4 Å². The molecule has 1 aliphatic rings. The van der Waals surface area contributed by atoms with Gasteiger partial charge in [0.1, 0.15) is 11.3 Å². The molecule has 1 aliphatic heterocycles. The van der Waals surface area contributed by atoms with Crippen LogP contribution < -0.4 is 0 Å². The number of nitrogens with zero attached hydrogens (tertiary/aromatic N) is 1. The van der Waals surface area contributed by atoms with Crippen molar-refractivity contribution in [3.8, 4) is 0 Å². The molecular weight excluding hydrogens is 246 g/mol. The number of carboxylic acids is 1. The number of likely N-dealkylation sites (tertiary alicyclic amines) is 1. The predicted molar refractivity (Wildman–Crippen MR) is 61.3 cm³/mol. The van der Waals surface area contributed by atoms with Crippen LogP contribution in [0.5, 0.6) is 0 Å². The number of piperidine rings is 1. The number of rotatable bonds is 3. The summed E-state index contributed by atoms with van der Waals surface area (Å²) in [6, 6.07) is -0.888. The highest BCUT2D eigenvalue weighted by Gasteiger charge is 2.36. The molecule has 0 aliphatic carbocycles. The van der Waals surface area contributed by atoms with Gasteiger partial charge in [-0.15, -0.1) is 0 Å². The molecule has 0 radical (unpaired) electrons. The van der Waals surface area contributed by atoms with E-state index in [4.69, 9.17) is 5.11 Å². The van der Waals surface area contributed by atoms with E-state index >= 15 is 0 Å². The molecule has 7 heteroatoms. The molecule has 1 fully saturated rings. The van der Waals surface area contributed by atoms with E-state index in [0.29, 0.717) is 19.4 Å². The van der Waals surface area contributed by atoms with Crippen LogP contribution in [-0.2, 0) is 19.4 Å². The molecule has 6 nitrogen and oxygen atoms in total. The van der Waals surface area contributed by atoms with Crippen molar-refractivity contribution in [2.75, 3.05) is 12.8 Å². The van der Waals surface area contributed by atoms with Crippen LogP contribution in [0.15, 0.2) is 0 Å². The minimum atomic E-state index is -3.48. The molecule has 0 aromatic heterocycles. The van der Waals surface area contributed by atoms with Gasteiger partial charge in [0.25, 0.3) is 0 Å². The largest absolute Gasteiger partial charge is 0.480 e. The third kappa shape index (κ3) is 3.18. The van der Waals surface area contributed by atoms with Gasteiger partial charge in [-0.05, 0) is 26.2 Å². The van der Waals surface area contributed by atoms with E-state index in [1.54, 1.807) is 0 Å². The van der Waals surface area contributed by atoms with Gasteiger partial charge in [-0.2, -0.15) is 0 Å². The van der Waals surface area contributed by atoms with Crippen LogP contribution in [0.3, 0.4) is 0 Å². The first-order chi connectivity index (χ1) is 7.75. The molecule has 98 valence electrons. The SMILES string of the molecule is CC(C(=O)N1CCCC[C@@H]1C(=O)O)S(C)(=O)=O. The molecule has 1 rings (SSSR count). The number of hydrogen-bond donors (Lipinski definition) is 1. The summed E-state index contributed by atoms with van der Waals surface area (Å²) in [6.07, 6.45) is 2.83. The number of carbonyl (C=O) groups is 2. The molecule has 0 bridgehead atoms. The van der Waals surface area contributed by atoms with Crippen LogP contribution in [0, 0.1) is 0 Å². The number of carbonyl (C=O) groups excluding carboxylic acids is 1. The Labute approximate surface area is 101 Å². The fourth-order valence-electron chi connectivity index (χ4n) is 1.87. The second-order valence-corrected chi connectivity index (χ2v) is 6.72. The maximum absolute atomic E-state index is 11.9. The van der Waals surface area contributed by atoms with Gasteiger partial charge < -0.3 is 10.0 Å². The van der Waals surface area contributed by atoms with E-state index < -0.39 is 33.0 Å². The van der Waals surface area contributed by atoms with E-state index in [1.807, 2.05) is 0 Å². The molecule has 0 aromatic carbocycles. The normalized spacial score (nSPS) is 23.2. The van der Waals surface area contributed by atoms with Gasteiger partial charge in [-0.25, -0.2) is 13.2 Å². The Bertz CT molecular complexity index is 416. The van der Waals surface area contributed by atoms with Crippen molar-refractivity contribution >= 4 is 21.7 Å². The van der Waals surface area contributed by atoms with E-state index in [9.17, 15) is 18.0 Å². The smallest absolute Gasteiger partial charge is 0.326 e. The molecule has 17 heavy (non-hydrogen) atoms. The van der Waals surface area contributed by atoms with E-state index in [-0.39, 0.29) is 0 Å². The highest BCUT2D eigenvalue weighted by molar-refractivity contribution is 7.92. The van der Waals surface area contributed by atoms with Crippen LogP contribution in [0.4, 0.5) is 0 Å².